The Bertz CT molecular complexity index is 507. The van der Waals surface area contributed by atoms with Crippen molar-refractivity contribution in [3.8, 4) is 11.5 Å². The molecule has 3 N–H and O–H groups in total. The second-order valence-corrected chi connectivity index (χ2v) is 4.95. The summed E-state index contributed by atoms with van der Waals surface area (Å²) < 4.78 is 24.0. The SMILES string of the molecule is COc1cc(F)c(NC(=O)C2CCC(N)C2)cc1OC. The second kappa shape index (κ2) is 6.09. The normalized spacial score (nSPS) is 21.6. The summed E-state index contributed by atoms with van der Waals surface area (Å²) in [7, 11) is 2.88. The van der Waals surface area contributed by atoms with Gasteiger partial charge in [-0.2, -0.15) is 0 Å². The molecule has 1 aliphatic rings. The maximum atomic E-state index is 13.9. The van der Waals surface area contributed by atoms with Crippen molar-refractivity contribution in [3.63, 3.8) is 0 Å². The van der Waals surface area contributed by atoms with Crippen molar-refractivity contribution in [2.45, 2.75) is 25.3 Å². The van der Waals surface area contributed by atoms with E-state index in [9.17, 15) is 9.18 Å². The van der Waals surface area contributed by atoms with Gasteiger partial charge in [0.25, 0.3) is 0 Å². The molecule has 1 aromatic carbocycles. The Balaban J connectivity index is 2.14. The van der Waals surface area contributed by atoms with Crippen LogP contribution in [-0.2, 0) is 4.79 Å². The van der Waals surface area contributed by atoms with Crippen LogP contribution in [0.4, 0.5) is 10.1 Å². The third kappa shape index (κ3) is 3.01. The zero-order chi connectivity index (χ0) is 14.7. The summed E-state index contributed by atoms with van der Waals surface area (Å²) in [6.45, 7) is 0. The number of anilines is 1. The largest absolute Gasteiger partial charge is 0.493 e. The number of nitrogens with two attached hydrogens (primary N) is 1. The van der Waals surface area contributed by atoms with Crippen LogP contribution in [0.1, 0.15) is 19.3 Å². The third-order valence-corrected chi connectivity index (χ3v) is 3.58. The standard InChI is InChI=1S/C14H19FN2O3/c1-19-12-6-10(15)11(7-13(12)20-2)17-14(18)8-3-4-9(16)5-8/h6-9H,3-5,16H2,1-2H3,(H,17,18). The summed E-state index contributed by atoms with van der Waals surface area (Å²) in [5.41, 5.74) is 5.87. The van der Waals surface area contributed by atoms with Gasteiger partial charge >= 0.3 is 0 Å². The Morgan fingerprint density at radius 3 is 2.50 bits per heavy atom. The van der Waals surface area contributed by atoms with E-state index in [-0.39, 0.29) is 29.3 Å². The Morgan fingerprint density at radius 2 is 1.95 bits per heavy atom. The van der Waals surface area contributed by atoms with Crippen molar-refractivity contribution >= 4 is 11.6 Å². The van der Waals surface area contributed by atoms with Crippen LogP contribution in [0.3, 0.4) is 0 Å². The first-order valence-corrected chi connectivity index (χ1v) is 6.53. The fourth-order valence-electron chi connectivity index (χ4n) is 2.44. The van der Waals surface area contributed by atoms with Gasteiger partial charge in [0.05, 0.1) is 19.9 Å². The highest BCUT2D eigenvalue weighted by Gasteiger charge is 2.28. The Hall–Kier alpha value is -1.82. The van der Waals surface area contributed by atoms with Crippen LogP contribution < -0.4 is 20.5 Å². The maximum Gasteiger partial charge on any atom is 0.227 e. The van der Waals surface area contributed by atoms with Crippen LogP contribution in [0.25, 0.3) is 0 Å². The molecule has 1 amide bonds. The van der Waals surface area contributed by atoms with E-state index in [4.69, 9.17) is 15.2 Å². The number of hydrogen-bond acceptors (Lipinski definition) is 4. The molecular formula is C14H19FN2O3. The average Bonchev–Trinajstić information content (AvgIpc) is 2.87. The van der Waals surface area contributed by atoms with Gasteiger partial charge in [-0.1, -0.05) is 0 Å². The molecule has 0 radical (unpaired) electrons. The van der Waals surface area contributed by atoms with Crippen LogP contribution in [0.15, 0.2) is 12.1 Å². The molecule has 5 nitrogen and oxygen atoms in total. The number of hydrogen-bond donors (Lipinski definition) is 2. The number of benzene rings is 1. The van der Waals surface area contributed by atoms with Crippen molar-refractivity contribution in [2.24, 2.45) is 11.7 Å². The highest BCUT2D eigenvalue weighted by molar-refractivity contribution is 5.93. The monoisotopic (exact) mass is 282 g/mol. The zero-order valence-electron chi connectivity index (χ0n) is 11.6. The van der Waals surface area contributed by atoms with Gasteiger partial charge in [-0.15, -0.1) is 0 Å². The molecule has 0 saturated heterocycles. The Kier molecular flexibility index (Phi) is 4.44. The first-order chi connectivity index (χ1) is 9.55. The number of halogens is 1. The van der Waals surface area contributed by atoms with Gasteiger partial charge in [-0.3, -0.25) is 4.79 Å². The minimum absolute atomic E-state index is 0.0565. The first kappa shape index (κ1) is 14.6. The number of ether oxygens (including phenoxy) is 2. The molecule has 0 aromatic heterocycles. The number of carbonyl (C=O) groups excluding carboxylic acids is 1. The lowest BCUT2D eigenvalue weighted by Crippen LogP contribution is -2.23. The molecule has 0 aliphatic heterocycles. The molecule has 0 spiro atoms. The molecule has 6 heteroatoms. The molecule has 1 fully saturated rings. The smallest absolute Gasteiger partial charge is 0.227 e. The summed E-state index contributed by atoms with van der Waals surface area (Å²) in [6, 6.07) is 2.66. The molecule has 0 bridgehead atoms. The molecule has 1 aliphatic carbocycles. The van der Waals surface area contributed by atoms with Gasteiger partial charge in [-0.05, 0) is 19.3 Å². The summed E-state index contributed by atoms with van der Waals surface area (Å²) >= 11 is 0. The molecule has 2 unspecified atom stereocenters. The Morgan fingerprint density at radius 1 is 1.30 bits per heavy atom. The highest BCUT2D eigenvalue weighted by Crippen LogP contribution is 2.33. The van der Waals surface area contributed by atoms with E-state index in [0.29, 0.717) is 12.2 Å². The maximum absolute atomic E-state index is 13.9. The van der Waals surface area contributed by atoms with E-state index in [1.807, 2.05) is 0 Å². The zero-order valence-corrected chi connectivity index (χ0v) is 11.6. The quantitative estimate of drug-likeness (QED) is 0.884. The fraction of sp³-hybridized carbons (Fsp3) is 0.500. The summed E-state index contributed by atoms with van der Waals surface area (Å²) in [5.74, 6) is -0.266. The minimum Gasteiger partial charge on any atom is -0.493 e. The molecule has 0 heterocycles. The topological polar surface area (TPSA) is 73.6 Å². The van der Waals surface area contributed by atoms with Crippen molar-refractivity contribution in [2.75, 3.05) is 19.5 Å². The lowest BCUT2D eigenvalue weighted by atomic mass is 10.1. The minimum atomic E-state index is -0.557. The molecule has 110 valence electrons. The first-order valence-electron chi connectivity index (χ1n) is 6.53. The van der Waals surface area contributed by atoms with Gasteiger partial charge in [0, 0.05) is 24.1 Å². The fourth-order valence-corrected chi connectivity index (χ4v) is 2.44. The predicted molar refractivity (Wildman–Crippen MR) is 73.5 cm³/mol. The molecule has 2 rings (SSSR count). The van der Waals surface area contributed by atoms with E-state index >= 15 is 0 Å². The van der Waals surface area contributed by atoms with Crippen molar-refractivity contribution in [1.29, 1.82) is 0 Å². The van der Waals surface area contributed by atoms with Gasteiger partial charge < -0.3 is 20.5 Å². The number of nitrogens with one attached hydrogen (secondary N) is 1. The van der Waals surface area contributed by atoms with Crippen LogP contribution >= 0.6 is 0 Å². The molecule has 2 atom stereocenters. The van der Waals surface area contributed by atoms with Gasteiger partial charge in [0.1, 0.15) is 0 Å². The van der Waals surface area contributed by atoms with Crippen molar-refractivity contribution in [3.05, 3.63) is 17.9 Å². The van der Waals surface area contributed by atoms with Gasteiger partial charge in [0.2, 0.25) is 5.91 Å². The highest BCUT2D eigenvalue weighted by atomic mass is 19.1. The van der Waals surface area contributed by atoms with E-state index in [2.05, 4.69) is 5.32 Å². The number of rotatable bonds is 4. The van der Waals surface area contributed by atoms with Crippen LogP contribution in [0.2, 0.25) is 0 Å². The number of amides is 1. The van der Waals surface area contributed by atoms with Gasteiger partial charge in [-0.25, -0.2) is 4.39 Å². The van der Waals surface area contributed by atoms with E-state index < -0.39 is 5.82 Å². The molecule has 20 heavy (non-hydrogen) atoms. The molecular weight excluding hydrogens is 263 g/mol. The summed E-state index contributed by atoms with van der Waals surface area (Å²) in [6.07, 6.45) is 2.20. The second-order valence-electron chi connectivity index (χ2n) is 4.95. The van der Waals surface area contributed by atoms with Gasteiger partial charge in [0.15, 0.2) is 17.3 Å². The lowest BCUT2D eigenvalue weighted by Gasteiger charge is -2.14. The van der Waals surface area contributed by atoms with E-state index in [0.717, 1.165) is 12.8 Å². The van der Waals surface area contributed by atoms with Crippen LogP contribution in [-0.4, -0.2) is 26.2 Å². The number of carbonyl (C=O) groups is 1. The Labute approximate surface area is 117 Å². The summed E-state index contributed by atoms with van der Waals surface area (Å²) in [5, 5.41) is 2.59. The third-order valence-electron chi connectivity index (χ3n) is 3.58. The van der Waals surface area contributed by atoms with Crippen molar-refractivity contribution in [1.82, 2.24) is 0 Å². The van der Waals surface area contributed by atoms with E-state index in [1.165, 1.54) is 26.4 Å². The average molecular weight is 282 g/mol. The molecule has 1 aromatic rings. The predicted octanol–water partition coefficient (Wildman–Crippen LogP) is 1.91. The lowest BCUT2D eigenvalue weighted by molar-refractivity contribution is -0.119. The molecule has 1 saturated carbocycles. The van der Waals surface area contributed by atoms with Crippen molar-refractivity contribution < 1.29 is 18.7 Å². The number of methoxy groups -OCH3 is 2. The van der Waals surface area contributed by atoms with E-state index in [1.54, 1.807) is 0 Å². The van der Waals surface area contributed by atoms with Crippen LogP contribution in [0.5, 0.6) is 11.5 Å². The van der Waals surface area contributed by atoms with Crippen LogP contribution in [0, 0.1) is 11.7 Å². The summed E-state index contributed by atoms with van der Waals surface area (Å²) in [4.78, 5) is 12.1.